The van der Waals surface area contributed by atoms with Crippen LogP contribution in [0.4, 0.5) is 11.5 Å². The Labute approximate surface area is 122 Å². The third-order valence-electron chi connectivity index (χ3n) is 2.88. The summed E-state index contributed by atoms with van der Waals surface area (Å²) in [6.07, 6.45) is 0.733. The second kappa shape index (κ2) is 7.58. The van der Waals surface area contributed by atoms with Crippen LogP contribution in [0.3, 0.4) is 0 Å². The minimum atomic E-state index is -1.07. The third-order valence-corrected chi connectivity index (χ3v) is 2.88. The zero-order chi connectivity index (χ0) is 16.0. The molecule has 9 nitrogen and oxygen atoms in total. The van der Waals surface area contributed by atoms with Crippen molar-refractivity contribution in [1.82, 2.24) is 9.78 Å². The Morgan fingerprint density at radius 3 is 2.71 bits per heavy atom. The predicted octanol–water partition coefficient (Wildman–Crippen LogP) is 1.05. The summed E-state index contributed by atoms with van der Waals surface area (Å²) in [5.41, 5.74) is 0.122. The highest BCUT2D eigenvalue weighted by Crippen LogP contribution is 2.31. The van der Waals surface area contributed by atoms with E-state index in [1.807, 2.05) is 6.92 Å². The monoisotopic (exact) mass is 300 g/mol. The zero-order valence-electron chi connectivity index (χ0n) is 12.4. The quantitative estimate of drug-likeness (QED) is 0.536. The summed E-state index contributed by atoms with van der Waals surface area (Å²) in [6, 6.07) is 0. The van der Waals surface area contributed by atoms with Crippen LogP contribution in [0.2, 0.25) is 0 Å². The predicted molar refractivity (Wildman–Crippen MR) is 75.6 cm³/mol. The maximum Gasteiger partial charge on any atom is 0.333 e. The normalized spacial score (nSPS) is 10.6. The van der Waals surface area contributed by atoms with Crippen molar-refractivity contribution in [3.8, 4) is 0 Å². The number of ether oxygens (including phenoxy) is 1. The summed E-state index contributed by atoms with van der Waals surface area (Å²) in [5, 5.41) is 24.4. The minimum absolute atomic E-state index is 0.152. The molecule has 0 aliphatic rings. The van der Waals surface area contributed by atoms with Gasteiger partial charge in [0.15, 0.2) is 0 Å². The molecule has 0 spiro atoms. The highest BCUT2D eigenvalue weighted by atomic mass is 16.6. The number of hydrogen-bond donors (Lipinski definition) is 1. The van der Waals surface area contributed by atoms with E-state index in [9.17, 15) is 14.9 Å². The fourth-order valence-electron chi connectivity index (χ4n) is 2.08. The fourth-order valence-corrected chi connectivity index (χ4v) is 2.08. The number of carboxylic acid groups (broad SMARTS) is 1. The molecule has 0 aromatic carbocycles. The molecule has 0 aliphatic carbocycles. The molecule has 1 N–H and O–H groups in total. The highest BCUT2D eigenvalue weighted by Gasteiger charge is 2.30. The van der Waals surface area contributed by atoms with Crippen molar-refractivity contribution in [2.24, 2.45) is 0 Å². The minimum Gasteiger partial charge on any atom is -0.480 e. The first-order chi connectivity index (χ1) is 9.92. The van der Waals surface area contributed by atoms with Crippen molar-refractivity contribution in [2.45, 2.75) is 26.8 Å². The van der Waals surface area contributed by atoms with E-state index in [2.05, 4.69) is 5.10 Å². The molecular weight excluding hydrogens is 280 g/mol. The lowest BCUT2D eigenvalue weighted by Gasteiger charge is -2.22. The van der Waals surface area contributed by atoms with E-state index in [4.69, 9.17) is 9.84 Å². The van der Waals surface area contributed by atoms with E-state index >= 15 is 0 Å². The molecule has 0 unspecified atom stereocenters. The number of aromatic nitrogens is 2. The highest BCUT2D eigenvalue weighted by molar-refractivity contribution is 5.75. The Morgan fingerprint density at radius 1 is 1.57 bits per heavy atom. The average molecular weight is 300 g/mol. The van der Waals surface area contributed by atoms with Gasteiger partial charge in [-0.25, -0.2) is 4.68 Å². The van der Waals surface area contributed by atoms with Crippen molar-refractivity contribution in [2.75, 3.05) is 31.7 Å². The van der Waals surface area contributed by atoms with Crippen molar-refractivity contribution >= 4 is 17.5 Å². The van der Waals surface area contributed by atoms with E-state index in [-0.39, 0.29) is 36.9 Å². The number of hydrogen-bond acceptors (Lipinski definition) is 6. The van der Waals surface area contributed by atoms with Gasteiger partial charge in [-0.15, -0.1) is 0 Å². The topological polar surface area (TPSA) is 111 Å². The molecule has 9 heteroatoms. The first kappa shape index (κ1) is 16.9. The van der Waals surface area contributed by atoms with E-state index < -0.39 is 10.9 Å². The summed E-state index contributed by atoms with van der Waals surface area (Å²) in [7, 11) is 1.49. The summed E-state index contributed by atoms with van der Waals surface area (Å²) in [4.78, 5) is 23.2. The molecule has 0 radical (unpaired) electrons. The van der Waals surface area contributed by atoms with Gasteiger partial charge in [-0.05, 0) is 13.3 Å². The number of aliphatic carboxylic acids is 1. The van der Waals surface area contributed by atoms with Gasteiger partial charge in [0.1, 0.15) is 12.2 Å². The number of anilines is 1. The van der Waals surface area contributed by atoms with Gasteiger partial charge >= 0.3 is 11.7 Å². The van der Waals surface area contributed by atoms with Crippen LogP contribution in [0.1, 0.15) is 19.0 Å². The molecule has 0 fully saturated rings. The van der Waals surface area contributed by atoms with Crippen molar-refractivity contribution < 1.29 is 19.6 Å². The van der Waals surface area contributed by atoms with Crippen LogP contribution in [0.25, 0.3) is 0 Å². The van der Waals surface area contributed by atoms with Crippen molar-refractivity contribution in [1.29, 1.82) is 0 Å². The molecular formula is C12H20N4O5. The van der Waals surface area contributed by atoms with Crippen LogP contribution in [0, 0.1) is 17.0 Å². The first-order valence-corrected chi connectivity index (χ1v) is 6.59. The second-order valence-electron chi connectivity index (χ2n) is 4.55. The van der Waals surface area contributed by atoms with E-state index in [0.717, 1.165) is 6.42 Å². The van der Waals surface area contributed by atoms with Crippen LogP contribution in [0.15, 0.2) is 0 Å². The maximum absolute atomic E-state index is 11.3. The van der Waals surface area contributed by atoms with Gasteiger partial charge in [-0.1, -0.05) is 6.92 Å². The summed E-state index contributed by atoms with van der Waals surface area (Å²) < 4.78 is 6.44. The molecule has 0 amide bonds. The number of methoxy groups -OCH3 is 1. The van der Waals surface area contributed by atoms with Crippen LogP contribution in [-0.2, 0) is 16.1 Å². The largest absolute Gasteiger partial charge is 0.480 e. The van der Waals surface area contributed by atoms with Gasteiger partial charge in [0, 0.05) is 20.2 Å². The molecule has 0 saturated heterocycles. The lowest BCUT2D eigenvalue weighted by atomic mass is 10.3. The molecule has 1 heterocycles. The Morgan fingerprint density at radius 2 is 2.24 bits per heavy atom. The number of nitro groups is 1. The SMILES string of the molecule is CCCn1nc(C)c([N+](=O)[O-])c1N(CCOC)CC(=O)O. The lowest BCUT2D eigenvalue weighted by molar-refractivity contribution is -0.384. The van der Waals surface area contributed by atoms with Gasteiger partial charge in [0.05, 0.1) is 11.5 Å². The standard InChI is InChI=1S/C12H20N4O5/c1-4-5-15-12(11(16(19)20)9(2)13-15)14(6-7-21-3)8-10(17)18/h4-8H2,1-3H3,(H,17,18). The lowest BCUT2D eigenvalue weighted by Crippen LogP contribution is -2.34. The molecule has 0 saturated carbocycles. The molecule has 0 atom stereocenters. The molecule has 1 aromatic rings. The second-order valence-corrected chi connectivity index (χ2v) is 4.55. The molecule has 1 rings (SSSR count). The third kappa shape index (κ3) is 4.15. The van der Waals surface area contributed by atoms with Crippen LogP contribution in [0.5, 0.6) is 0 Å². The molecule has 118 valence electrons. The average Bonchev–Trinajstić information content (AvgIpc) is 2.71. The van der Waals surface area contributed by atoms with Crippen LogP contribution >= 0.6 is 0 Å². The van der Waals surface area contributed by atoms with E-state index in [0.29, 0.717) is 6.54 Å². The Kier molecular flexibility index (Phi) is 6.10. The van der Waals surface area contributed by atoms with Crippen LogP contribution < -0.4 is 4.90 Å². The summed E-state index contributed by atoms with van der Waals surface area (Å²) in [6.45, 7) is 4.10. The molecule has 1 aromatic heterocycles. The maximum atomic E-state index is 11.3. The number of aryl methyl sites for hydroxylation is 2. The number of nitrogens with zero attached hydrogens (tertiary/aromatic N) is 4. The Bertz CT molecular complexity index is 514. The first-order valence-electron chi connectivity index (χ1n) is 6.59. The molecule has 0 aliphatic heterocycles. The zero-order valence-corrected chi connectivity index (χ0v) is 12.4. The van der Waals surface area contributed by atoms with E-state index in [1.165, 1.54) is 16.7 Å². The fraction of sp³-hybridized carbons (Fsp3) is 0.667. The number of rotatable bonds is 9. The Balaban J connectivity index is 3.30. The van der Waals surface area contributed by atoms with Gasteiger partial charge in [0.2, 0.25) is 5.82 Å². The van der Waals surface area contributed by atoms with Crippen LogP contribution in [-0.4, -0.2) is 52.6 Å². The Hall–Kier alpha value is -2.16. The van der Waals surface area contributed by atoms with Crippen molar-refractivity contribution in [3.05, 3.63) is 15.8 Å². The molecule has 21 heavy (non-hydrogen) atoms. The van der Waals surface area contributed by atoms with Gasteiger partial charge in [-0.2, -0.15) is 5.10 Å². The smallest absolute Gasteiger partial charge is 0.333 e. The van der Waals surface area contributed by atoms with Gasteiger partial charge < -0.3 is 14.7 Å². The summed E-state index contributed by atoms with van der Waals surface area (Å²) >= 11 is 0. The summed E-state index contributed by atoms with van der Waals surface area (Å²) in [5.74, 6) is -0.846. The molecule has 0 bridgehead atoms. The number of carbonyl (C=O) groups is 1. The van der Waals surface area contributed by atoms with Gasteiger partial charge in [0.25, 0.3) is 0 Å². The number of carboxylic acids is 1. The van der Waals surface area contributed by atoms with Gasteiger partial charge in [-0.3, -0.25) is 14.9 Å². The van der Waals surface area contributed by atoms with Crippen molar-refractivity contribution in [3.63, 3.8) is 0 Å². The van der Waals surface area contributed by atoms with E-state index in [1.54, 1.807) is 6.92 Å².